The number of rotatable bonds is 6. The van der Waals surface area contributed by atoms with Crippen LogP contribution < -0.4 is 5.32 Å². The molecule has 7 heteroatoms. The number of furan rings is 1. The van der Waals surface area contributed by atoms with E-state index >= 15 is 0 Å². The topological polar surface area (TPSA) is 68.8 Å². The highest BCUT2D eigenvalue weighted by molar-refractivity contribution is 5.58. The molecule has 3 aromatic rings. The van der Waals surface area contributed by atoms with Crippen LogP contribution in [0.3, 0.4) is 0 Å². The Hall–Kier alpha value is -2.96. The summed E-state index contributed by atoms with van der Waals surface area (Å²) in [5.74, 6) is 1.35. The van der Waals surface area contributed by atoms with E-state index in [0.29, 0.717) is 36.1 Å². The average molecular weight is 299 g/mol. The molecule has 0 aliphatic carbocycles. The first-order valence-corrected chi connectivity index (χ1v) is 6.72. The van der Waals surface area contributed by atoms with Crippen molar-refractivity contribution in [3.63, 3.8) is 0 Å². The molecule has 0 amide bonds. The van der Waals surface area contributed by atoms with Gasteiger partial charge in [-0.3, -0.25) is 0 Å². The molecular formula is C15H14FN5O. The summed E-state index contributed by atoms with van der Waals surface area (Å²) in [5.41, 5.74) is 0.435. The summed E-state index contributed by atoms with van der Waals surface area (Å²) >= 11 is 0. The lowest BCUT2D eigenvalue weighted by molar-refractivity contribution is 0.524. The number of aromatic nitrogens is 4. The van der Waals surface area contributed by atoms with Crippen LogP contribution in [0.15, 0.2) is 53.5 Å². The maximum Gasteiger partial charge on any atom is 0.243 e. The number of tetrazole rings is 1. The van der Waals surface area contributed by atoms with Crippen LogP contribution in [0.1, 0.15) is 5.76 Å². The quantitative estimate of drug-likeness (QED) is 0.709. The van der Waals surface area contributed by atoms with Gasteiger partial charge in [-0.2, -0.15) is 0 Å². The van der Waals surface area contributed by atoms with Gasteiger partial charge in [0.1, 0.15) is 17.3 Å². The Bertz CT molecular complexity index is 780. The predicted octanol–water partition coefficient (Wildman–Crippen LogP) is 2.87. The Balaban J connectivity index is 1.71. The van der Waals surface area contributed by atoms with E-state index in [9.17, 15) is 4.39 Å². The highest BCUT2D eigenvalue weighted by Crippen LogP contribution is 2.24. The van der Waals surface area contributed by atoms with Gasteiger partial charge in [0.2, 0.25) is 5.95 Å². The minimum absolute atomic E-state index is 0.314. The zero-order chi connectivity index (χ0) is 15.4. The summed E-state index contributed by atoms with van der Waals surface area (Å²) in [7, 11) is 0. The number of hydrogen-bond acceptors (Lipinski definition) is 5. The molecule has 0 spiro atoms. The summed E-state index contributed by atoms with van der Waals surface area (Å²) in [6.45, 7) is 4.54. The van der Waals surface area contributed by atoms with Gasteiger partial charge in [-0.15, -0.1) is 6.58 Å². The molecule has 0 atom stereocenters. The van der Waals surface area contributed by atoms with Crippen LogP contribution in [0.4, 0.5) is 10.3 Å². The molecule has 0 fully saturated rings. The summed E-state index contributed by atoms with van der Waals surface area (Å²) in [5, 5.41) is 14.3. The second kappa shape index (κ2) is 6.21. The fraction of sp³-hybridized carbons (Fsp3) is 0.133. The molecule has 0 saturated carbocycles. The number of allylic oxidation sites excluding steroid dienone is 1. The molecule has 3 rings (SSSR count). The van der Waals surface area contributed by atoms with Crippen molar-refractivity contribution in [2.75, 3.05) is 5.32 Å². The zero-order valence-corrected chi connectivity index (χ0v) is 11.7. The van der Waals surface area contributed by atoms with E-state index < -0.39 is 0 Å². The van der Waals surface area contributed by atoms with Gasteiger partial charge in [0.05, 0.1) is 18.7 Å². The maximum absolute atomic E-state index is 13.7. The monoisotopic (exact) mass is 299 g/mol. The van der Waals surface area contributed by atoms with E-state index in [0.717, 1.165) is 0 Å². The molecule has 22 heavy (non-hydrogen) atoms. The van der Waals surface area contributed by atoms with Crippen LogP contribution in [-0.2, 0) is 13.1 Å². The largest absolute Gasteiger partial charge is 0.459 e. The third-order valence-electron chi connectivity index (χ3n) is 3.06. The second-order valence-electron chi connectivity index (χ2n) is 4.57. The third-order valence-corrected chi connectivity index (χ3v) is 3.06. The lowest BCUT2D eigenvalue weighted by Gasteiger charge is -2.03. The standard InChI is InChI=1S/C15H14FN5O/c1-2-9-21-15(18-19-20-21)17-10-11-7-8-14(22-11)12-5-3-4-6-13(12)16/h2-8H,1,9-10H2,(H,17,18,20). The number of hydrogen-bond donors (Lipinski definition) is 1. The second-order valence-corrected chi connectivity index (χ2v) is 4.57. The fourth-order valence-corrected chi connectivity index (χ4v) is 2.02. The smallest absolute Gasteiger partial charge is 0.243 e. The minimum atomic E-state index is -0.314. The first-order valence-electron chi connectivity index (χ1n) is 6.72. The predicted molar refractivity (Wildman–Crippen MR) is 79.4 cm³/mol. The van der Waals surface area contributed by atoms with Crippen molar-refractivity contribution >= 4 is 5.95 Å². The van der Waals surface area contributed by atoms with E-state index in [1.54, 1.807) is 41.1 Å². The van der Waals surface area contributed by atoms with Crippen LogP contribution >= 0.6 is 0 Å². The molecule has 2 aromatic heterocycles. The van der Waals surface area contributed by atoms with Gasteiger partial charge in [-0.1, -0.05) is 23.3 Å². The number of halogens is 1. The van der Waals surface area contributed by atoms with E-state index in [2.05, 4.69) is 27.4 Å². The Morgan fingerprint density at radius 3 is 2.95 bits per heavy atom. The van der Waals surface area contributed by atoms with Crippen molar-refractivity contribution in [1.82, 2.24) is 20.2 Å². The van der Waals surface area contributed by atoms with Crippen molar-refractivity contribution < 1.29 is 8.81 Å². The molecule has 0 radical (unpaired) electrons. The maximum atomic E-state index is 13.7. The summed E-state index contributed by atoms with van der Waals surface area (Å²) in [6.07, 6.45) is 1.70. The molecule has 0 bridgehead atoms. The van der Waals surface area contributed by atoms with Crippen LogP contribution in [0, 0.1) is 5.82 Å². The average Bonchev–Trinajstić information content (AvgIpc) is 3.15. The first kappa shape index (κ1) is 14.0. The first-order chi connectivity index (χ1) is 10.8. The highest BCUT2D eigenvalue weighted by Gasteiger charge is 2.10. The molecule has 112 valence electrons. The summed E-state index contributed by atoms with van der Waals surface area (Å²) in [6, 6.07) is 10.0. The van der Waals surface area contributed by atoms with Crippen LogP contribution in [0.2, 0.25) is 0 Å². The van der Waals surface area contributed by atoms with Gasteiger partial charge >= 0.3 is 0 Å². The van der Waals surface area contributed by atoms with Gasteiger partial charge in [0.15, 0.2) is 0 Å². The van der Waals surface area contributed by atoms with Crippen LogP contribution in [0.25, 0.3) is 11.3 Å². The molecule has 0 unspecified atom stereocenters. The SMILES string of the molecule is C=CCn1nnnc1NCc1ccc(-c2ccccc2F)o1. The van der Waals surface area contributed by atoms with E-state index in [-0.39, 0.29) is 5.82 Å². The van der Waals surface area contributed by atoms with Gasteiger partial charge in [0.25, 0.3) is 0 Å². The van der Waals surface area contributed by atoms with Crippen molar-refractivity contribution in [3.8, 4) is 11.3 Å². The molecule has 1 aromatic carbocycles. The van der Waals surface area contributed by atoms with Crippen molar-refractivity contribution in [2.45, 2.75) is 13.1 Å². The van der Waals surface area contributed by atoms with E-state index in [1.165, 1.54) is 6.07 Å². The Labute approximate surface area is 126 Å². The molecule has 0 aliphatic heterocycles. The van der Waals surface area contributed by atoms with Gasteiger partial charge in [-0.05, 0) is 34.7 Å². The van der Waals surface area contributed by atoms with Gasteiger partial charge < -0.3 is 9.73 Å². The van der Waals surface area contributed by atoms with Crippen molar-refractivity contribution in [3.05, 3.63) is 60.6 Å². The lowest BCUT2D eigenvalue weighted by atomic mass is 10.1. The van der Waals surface area contributed by atoms with Crippen molar-refractivity contribution in [2.24, 2.45) is 0 Å². The molecule has 2 heterocycles. The number of benzene rings is 1. The lowest BCUT2D eigenvalue weighted by Crippen LogP contribution is -2.07. The number of nitrogens with one attached hydrogen (secondary N) is 1. The van der Waals surface area contributed by atoms with Crippen LogP contribution in [-0.4, -0.2) is 20.2 Å². The fourth-order valence-electron chi connectivity index (χ4n) is 2.02. The molecule has 1 N–H and O–H groups in total. The Morgan fingerprint density at radius 2 is 2.14 bits per heavy atom. The normalized spacial score (nSPS) is 10.6. The molecular weight excluding hydrogens is 285 g/mol. The van der Waals surface area contributed by atoms with E-state index in [4.69, 9.17) is 4.42 Å². The van der Waals surface area contributed by atoms with Crippen LogP contribution in [0.5, 0.6) is 0 Å². The molecule has 0 saturated heterocycles. The third kappa shape index (κ3) is 2.88. The Kier molecular flexibility index (Phi) is 3.95. The van der Waals surface area contributed by atoms with Gasteiger partial charge in [0, 0.05) is 0 Å². The molecule has 0 aliphatic rings. The summed E-state index contributed by atoms with van der Waals surface area (Å²) < 4.78 is 20.9. The van der Waals surface area contributed by atoms with Gasteiger partial charge in [-0.25, -0.2) is 9.07 Å². The highest BCUT2D eigenvalue weighted by atomic mass is 19.1. The number of nitrogens with zero attached hydrogens (tertiary/aromatic N) is 4. The Morgan fingerprint density at radius 1 is 1.27 bits per heavy atom. The van der Waals surface area contributed by atoms with E-state index in [1.807, 2.05) is 0 Å². The summed E-state index contributed by atoms with van der Waals surface area (Å²) in [4.78, 5) is 0. The van der Waals surface area contributed by atoms with Crippen molar-refractivity contribution in [1.29, 1.82) is 0 Å². The molecule has 6 nitrogen and oxygen atoms in total. The zero-order valence-electron chi connectivity index (χ0n) is 11.7. The number of anilines is 1. The minimum Gasteiger partial charge on any atom is -0.459 e.